The lowest BCUT2D eigenvalue weighted by Crippen LogP contribution is -2.13. The Bertz CT molecular complexity index is 724. The number of benzene rings is 1. The van der Waals surface area contributed by atoms with Crippen molar-refractivity contribution < 1.29 is 9.59 Å². The van der Waals surface area contributed by atoms with Crippen molar-refractivity contribution in [3.05, 3.63) is 45.3 Å². The summed E-state index contributed by atoms with van der Waals surface area (Å²) < 4.78 is 0. The van der Waals surface area contributed by atoms with E-state index < -0.39 is 0 Å². The molecule has 2 aromatic heterocycles. The minimum absolute atomic E-state index is 0.267. The molecule has 0 radical (unpaired) electrons. The molecule has 0 aliphatic carbocycles. The topological polar surface area (TPSA) is 110 Å². The summed E-state index contributed by atoms with van der Waals surface area (Å²) in [5, 5.41) is 20.5. The van der Waals surface area contributed by atoms with E-state index in [1.165, 1.54) is 11.0 Å². The maximum atomic E-state index is 11.9. The number of hydrogen-bond donors (Lipinski definition) is 2. The molecule has 0 atom stereocenters. The van der Waals surface area contributed by atoms with Gasteiger partial charge in [-0.2, -0.15) is 0 Å². The number of rotatable bonds is 4. The third kappa shape index (κ3) is 3.30. The van der Waals surface area contributed by atoms with E-state index in [1.807, 2.05) is 0 Å². The van der Waals surface area contributed by atoms with Crippen LogP contribution in [0.2, 0.25) is 0 Å². The van der Waals surface area contributed by atoms with E-state index in [1.54, 1.807) is 24.3 Å². The molecule has 0 spiro atoms. The molecule has 110 valence electrons. The van der Waals surface area contributed by atoms with Gasteiger partial charge in [-0.05, 0) is 18.2 Å². The maximum Gasteiger partial charge on any atom is 0.286 e. The van der Waals surface area contributed by atoms with E-state index in [-0.39, 0.29) is 21.8 Å². The number of amides is 2. The highest BCUT2D eigenvalue weighted by Crippen LogP contribution is 2.17. The lowest BCUT2D eigenvalue weighted by Gasteiger charge is -2.06. The van der Waals surface area contributed by atoms with Gasteiger partial charge in [-0.25, -0.2) is 0 Å². The van der Waals surface area contributed by atoms with Crippen molar-refractivity contribution in [3.63, 3.8) is 0 Å². The van der Waals surface area contributed by atoms with Gasteiger partial charge in [0.15, 0.2) is 0 Å². The zero-order valence-corrected chi connectivity index (χ0v) is 12.5. The Kier molecular flexibility index (Phi) is 4.12. The molecule has 0 unspecified atom stereocenters. The van der Waals surface area contributed by atoms with Crippen molar-refractivity contribution in [2.45, 2.75) is 0 Å². The van der Waals surface area contributed by atoms with Crippen LogP contribution >= 0.6 is 22.7 Å². The Morgan fingerprint density at radius 2 is 1.36 bits per heavy atom. The Morgan fingerprint density at radius 3 is 1.77 bits per heavy atom. The number of hydrogen-bond acceptors (Lipinski definition) is 8. The quantitative estimate of drug-likeness (QED) is 0.755. The highest BCUT2D eigenvalue weighted by molar-refractivity contribution is 7.11. The largest absolute Gasteiger partial charge is 0.320 e. The predicted molar refractivity (Wildman–Crippen MR) is 82.2 cm³/mol. The third-order valence-corrected chi connectivity index (χ3v) is 3.87. The molecule has 3 rings (SSSR count). The SMILES string of the molecule is O=C(Nc1cccc(NC(=O)c2nncs2)c1)c1nncs1. The van der Waals surface area contributed by atoms with E-state index >= 15 is 0 Å². The number of nitrogens with zero attached hydrogens (tertiary/aromatic N) is 4. The van der Waals surface area contributed by atoms with E-state index in [0.717, 1.165) is 22.7 Å². The molecule has 10 heteroatoms. The summed E-state index contributed by atoms with van der Waals surface area (Å²) in [7, 11) is 0. The first-order chi connectivity index (χ1) is 10.7. The monoisotopic (exact) mass is 332 g/mol. The van der Waals surface area contributed by atoms with Gasteiger partial charge in [0, 0.05) is 11.4 Å². The second-order valence-electron chi connectivity index (χ2n) is 3.98. The molecule has 0 fully saturated rings. The van der Waals surface area contributed by atoms with Gasteiger partial charge in [-0.15, -0.1) is 20.4 Å². The van der Waals surface area contributed by atoms with E-state index in [0.29, 0.717) is 11.4 Å². The lowest BCUT2D eigenvalue weighted by molar-refractivity contribution is 0.101. The average molecular weight is 332 g/mol. The molecule has 1 aromatic carbocycles. The Hall–Kier alpha value is -2.72. The van der Waals surface area contributed by atoms with Crippen LogP contribution in [0.4, 0.5) is 11.4 Å². The number of carbonyl (C=O) groups excluding carboxylic acids is 2. The normalized spacial score (nSPS) is 10.2. The fourth-order valence-electron chi connectivity index (χ4n) is 1.59. The van der Waals surface area contributed by atoms with Crippen LogP contribution in [0.1, 0.15) is 19.6 Å². The van der Waals surface area contributed by atoms with Gasteiger partial charge >= 0.3 is 0 Å². The zero-order valence-electron chi connectivity index (χ0n) is 10.9. The van der Waals surface area contributed by atoms with Crippen LogP contribution in [0, 0.1) is 0 Å². The molecule has 0 aliphatic rings. The molecule has 0 saturated carbocycles. The van der Waals surface area contributed by atoms with Crippen LogP contribution < -0.4 is 10.6 Å². The maximum absolute atomic E-state index is 11.9. The summed E-state index contributed by atoms with van der Waals surface area (Å²) in [5.74, 6) is -0.704. The summed E-state index contributed by atoms with van der Waals surface area (Å²) in [6.07, 6.45) is 0. The van der Waals surface area contributed by atoms with Crippen molar-refractivity contribution in [2.24, 2.45) is 0 Å². The smallest absolute Gasteiger partial charge is 0.286 e. The molecule has 2 N–H and O–H groups in total. The number of aromatic nitrogens is 4. The minimum Gasteiger partial charge on any atom is -0.320 e. The molecule has 2 heterocycles. The number of anilines is 2. The summed E-state index contributed by atoms with van der Waals surface area (Å²) >= 11 is 2.29. The van der Waals surface area contributed by atoms with E-state index in [2.05, 4.69) is 31.0 Å². The van der Waals surface area contributed by atoms with Gasteiger partial charge in [-0.1, -0.05) is 28.7 Å². The molecular weight excluding hydrogens is 324 g/mol. The molecule has 3 aromatic rings. The molecule has 0 aliphatic heterocycles. The van der Waals surface area contributed by atoms with Crippen LogP contribution in [-0.2, 0) is 0 Å². The highest BCUT2D eigenvalue weighted by Gasteiger charge is 2.12. The fraction of sp³-hybridized carbons (Fsp3) is 0. The summed E-state index contributed by atoms with van der Waals surface area (Å²) in [4.78, 5) is 23.8. The Balaban J connectivity index is 1.70. The number of carbonyl (C=O) groups is 2. The van der Waals surface area contributed by atoms with Crippen LogP contribution in [0.15, 0.2) is 35.3 Å². The second kappa shape index (κ2) is 6.37. The number of nitrogens with one attached hydrogen (secondary N) is 2. The second-order valence-corrected chi connectivity index (χ2v) is 5.64. The van der Waals surface area contributed by atoms with E-state index in [9.17, 15) is 9.59 Å². The predicted octanol–water partition coefficient (Wildman–Crippen LogP) is 1.89. The summed E-state index contributed by atoms with van der Waals surface area (Å²) in [6.45, 7) is 0. The first-order valence-corrected chi connectivity index (χ1v) is 7.73. The first kappa shape index (κ1) is 14.2. The van der Waals surface area contributed by atoms with Crippen molar-refractivity contribution in [1.29, 1.82) is 0 Å². The van der Waals surface area contributed by atoms with Crippen LogP contribution in [-0.4, -0.2) is 32.2 Å². The summed E-state index contributed by atoms with van der Waals surface area (Å²) in [6, 6.07) is 6.77. The van der Waals surface area contributed by atoms with Crippen molar-refractivity contribution in [1.82, 2.24) is 20.4 Å². The van der Waals surface area contributed by atoms with Crippen LogP contribution in [0.3, 0.4) is 0 Å². The van der Waals surface area contributed by atoms with Gasteiger partial charge in [-0.3, -0.25) is 9.59 Å². The summed E-state index contributed by atoms with van der Waals surface area (Å²) in [5.41, 5.74) is 4.03. The van der Waals surface area contributed by atoms with Crippen molar-refractivity contribution in [2.75, 3.05) is 10.6 Å². The molecule has 0 saturated heterocycles. The van der Waals surface area contributed by atoms with Gasteiger partial charge in [0.05, 0.1) is 0 Å². The van der Waals surface area contributed by atoms with Gasteiger partial charge in [0.2, 0.25) is 10.0 Å². The van der Waals surface area contributed by atoms with Crippen molar-refractivity contribution >= 4 is 45.9 Å². The molecule has 22 heavy (non-hydrogen) atoms. The zero-order chi connectivity index (χ0) is 15.4. The highest BCUT2D eigenvalue weighted by atomic mass is 32.1. The average Bonchev–Trinajstić information content (AvgIpc) is 3.21. The Morgan fingerprint density at radius 1 is 0.864 bits per heavy atom. The molecule has 2 amide bonds. The standard InChI is InChI=1S/C12H8N6O2S2/c19-9(11-17-13-5-21-11)15-7-2-1-3-8(4-7)16-10(20)12-18-14-6-22-12/h1-6H,(H,15,19)(H,16,20). The van der Waals surface area contributed by atoms with Gasteiger partial charge in [0.1, 0.15) is 11.0 Å². The minimum atomic E-state index is -0.352. The van der Waals surface area contributed by atoms with Crippen LogP contribution in [0.5, 0.6) is 0 Å². The Labute approximate surface area is 132 Å². The first-order valence-electron chi connectivity index (χ1n) is 5.97. The van der Waals surface area contributed by atoms with Crippen molar-refractivity contribution in [3.8, 4) is 0 Å². The lowest BCUT2D eigenvalue weighted by atomic mass is 10.2. The van der Waals surface area contributed by atoms with Gasteiger partial charge in [0.25, 0.3) is 11.8 Å². The van der Waals surface area contributed by atoms with Crippen LogP contribution in [0.25, 0.3) is 0 Å². The molecule has 8 nitrogen and oxygen atoms in total. The molecule has 0 bridgehead atoms. The fourth-order valence-corrected chi connectivity index (χ4v) is 2.48. The molecular formula is C12H8N6O2S2. The van der Waals surface area contributed by atoms with E-state index in [4.69, 9.17) is 0 Å². The van der Waals surface area contributed by atoms with Gasteiger partial charge < -0.3 is 10.6 Å². The third-order valence-electron chi connectivity index (χ3n) is 2.49.